The van der Waals surface area contributed by atoms with Gasteiger partial charge in [0.2, 0.25) is 0 Å². The maximum absolute atomic E-state index is 12.3. The molecule has 3 aromatic rings. The zero-order chi connectivity index (χ0) is 26.9. The first kappa shape index (κ1) is 35.5. The predicted molar refractivity (Wildman–Crippen MR) is 159 cm³/mol. The van der Waals surface area contributed by atoms with Gasteiger partial charge in [0.15, 0.2) is 21.5 Å². The van der Waals surface area contributed by atoms with Crippen LogP contribution in [0.3, 0.4) is 0 Å². The van der Waals surface area contributed by atoms with Crippen molar-refractivity contribution in [3.05, 3.63) is 59.4 Å². The molecule has 0 spiro atoms. The second-order valence-electron chi connectivity index (χ2n) is 8.02. The molecule has 0 bridgehead atoms. The van der Waals surface area contributed by atoms with Gasteiger partial charge in [-0.3, -0.25) is 9.59 Å². The number of thiol groups is 2. The third-order valence-corrected chi connectivity index (χ3v) is 6.65. The van der Waals surface area contributed by atoms with Crippen LogP contribution in [0.4, 0.5) is 9.59 Å². The van der Waals surface area contributed by atoms with Crippen molar-refractivity contribution in [3.8, 4) is 22.6 Å². The lowest BCUT2D eigenvalue weighted by Crippen LogP contribution is -2.04. The van der Waals surface area contributed by atoms with E-state index in [0.29, 0.717) is 27.9 Å². The van der Waals surface area contributed by atoms with Crippen LogP contribution in [0.2, 0.25) is 5.02 Å². The molecule has 1 aliphatic rings. The summed E-state index contributed by atoms with van der Waals surface area (Å²) in [7, 11) is -3.41. The van der Waals surface area contributed by atoms with Gasteiger partial charge in [0, 0.05) is 28.3 Å². The number of primary amides is 2. The summed E-state index contributed by atoms with van der Waals surface area (Å²) in [5.41, 5.74) is 10.7. The molecule has 1 saturated carbocycles. The molecule has 210 valence electrons. The molecule has 13 heteroatoms. The highest BCUT2D eigenvalue weighted by Crippen LogP contribution is 2.40. The zero-order valence-electron chi connectivity index (χ0n) is 20.1. The van der Waals surface area contributed by atoms with Crippen LogP contribution >= 0.6 is 36.9 Å². The number of hydrogen-bond acceptors (Lipinski definition) is 6. The van der Waals surface area contributed by atoms with Crippen LogP contribution in [0.1, 0.15) is 51.3 Å². The van der Waals surface area contributed by atoms with Crippen molar-refractivity contribution in [2.45, 2.75) is 50.3 Å². The number of aromatic nitrogens is 1. The van der Waals surface area contributed by atoms with Gasteiger partial charge in [0.25, 0.3) is 10.5 Å². The highest BCUT2D eigenvalue weighted by molar-refractivity contribution is 7.96. The monoisotopic (exact) mass is 603 g/mol. The van der Waals surface area contributed by atoms with Crippen LogP contribution in [0.5, 0.6) is 0 Å². The third-order valence-electron chi connectivity index (χ3n) is 5.25. The predicted octanol–water partition coefficient (Wildman–Crippen LogP) is 5.91. The van der Waals surface area contributed by atoms with Gasteiger partial charge in [-0.25, -0.2) is 13.4 Å². The van der Waals surface area contributed by atoms with E-state index < -0.39 is 20.3 Å². The van der Waals surface area contributed by atoms with Crippen LogP contribution in [-0.4, -0.2) is 35.6 Å². The summed E-state index contributed by atoms with van der Waals surface area (Å²) in [5, 5.41) is -0.641. The maximum atomic E-state index is 12.3. The normalized spacial score (nSPS) is 12.8. The SMILES string of the molecule is C.CS(=O)(=O)c1ccccc1-c1oc(C2CCCCC2)nc1-c1ccc(Cl)cc1.NC(=O)S.NC(=O)S.O. The molecule has 1 fully saturated rings. The summed E-state index contributed by atoms with van der Waals surface area (Å²) in [5.74, 6) is 1.48. The maximum Gasteiger partial charge on any atom is 0.273 e. The summed E-state index contributed by atoms with van der Waals surface area (Å²) in [6.07, 6.45) is 6.88. The first-order valence-electron chi connectivity index (χ1n) is 10.9. The second-order valence-corrected chi connectivity index (χ2v) is 11.3. The molecule has 0 aliphatic heterocycles. The first-order chi connectivity index (χ1) is 16.9. The van der Waals surface area contributed by atoms with E-state index >= 15 is 0 Å². The van der Waals surface area contributed by atoms with Crippen LogP contribution in [0.25, 0.3) is 22.6 Å². The van der Waals surface area contributed by atoms with Gasteiger partial charge < -0.3 is 21.4 Å². The summed E-state index contributed by atoms with van der Waals surface area (Å²) in [6, 6.07) is 14.3. The Labute approximate surface area is 239 Å². The number of oxazole rings is 1. The van der Waals surface area contributed by atoms with Gasteiger partial charge in [-0.1, -0.05) is 87.8 Å². The molecule has 1 aliphatic carbocycles. The van der Waals surface area contributed by atoms with Crippen LogP contribution < -0.4 is 11.5 Å². The summed E-state index contributed by atoms with van der Waals surface area (Å²) in [6.45, 7) is 0. The molecule has 0 unspecified atom stereocenters. The molecule has 0 atom stereocenters. The van der Waals surface area contributed by atoms with Crippen molar-refractivity contribution in [1.82, 2.24) is 4.98 Å². The fourth-order valence-electron chi connectivity index (χ4n) is 3.82. The van der Waals surface area contributed by atoms with Crippen LogP contribution in [0.15, 0.2) is 57.8 Å². The fraction of sp³-hybridized carbons (Fsp3) is 0.320. The Morgan fingerprint density at radius 1 is 0.974 bits per heavy atom. The summed E-state index contributed by atoms with van der Waals surface area (Å²) in [4.78, 5) is 23.2. The Kier molecular flexibility index (Phi) is 15.4. The standard InChI is InChI=1S/C22H22ClNO3S.2CH3NOS.CH4.H2O/c1-28(25,26)19-10-6-5-9-18(19)21-20(15-11-13-17(23)14-12-15)24-22(27-21)16-7-3-2-4-8-16;2*2-1(3)4;;/h5-6,9-14,16H,2-4,7-8H2,1H3;2*(H3,2,3,4);1H4;1H2. The van der Waals surface area contributed by atoms with E-state index in [-0.39, 0.29) is 23.7 Å². The van der Waals surface area contributed by atoms with Gasteiger partial charge in [-0.15, -0.1) is 0 Å². The largest absolute Gasteiger partial charge is 0.440 e. The lowest BCUT2D eigenvalue weighted by Gasteiger charge is -2.18. The number of rotatable bonds is 4. The average Bonchev–Trinajstić information content (AvgIpc) is 3.24. The molecule has 38 heavy (non-hydrogen) atoms. The zero-order valence-corrected chi connectivity index (χ0v) is 23.4. The van der Waals surface area contributed by atoms with E-state index in [0.717, 1.165) is 18.4 Å². The molecule has 9 nitrogen and oxygen atoms in total. The topological polar surface area (TPSA) is 178 Å². The Balaban J connectivity index is 0.00000121. The minimum absolute atomic E-state index is 0. The Bertz CT molecular complexity index is 1270. The summed E-state index contributed by atoms with van der Waals surface area (Å²) >= 11 is 12.3. The summed E-state index contributed by atoms with van der Waals surface area (Å²) < 4.78 is 30.9. The Morgan fingerprint density at radius 3 is 1.97 bits per heavy atom. The lowest BCUT2D eigenvalue weighted by molar-refractivity contribution is 0.266. The number of benzene rings is 2. The minimum atomic E-state index is -3.41. The molecule has 4 rings (SSSR count). The van der Waals surface area contributed by atoms with Crippen molar-refractivity contribution < 1.29 is 27.9 Å². The van der Waals surface area contributed by atoms with Gasteiger partial charge in [0.05, 0.1) is 4.90 Å². The van der Waals surface area contributed by atoms with E-state index in [9.17, 15) is 8.42 Å². The molecule has 1 heterocycles. The molecular weight excluding hydrogens is 570 g/mol. The lowest BCUT2D eigenvalue weighted by atomic mass is 9.89. The molecular formula is C25H34ClN3O6S3. The van der Waals surface area contributed by atoms with Crippen molar-refractivity contribution in [2.24, 2.45) is 11.5 Å². The smallest absolute Gasteiger partial charge is 0.273 e. The number of nitrogens with two attached hydrogens (primary N) is 2. The Morgan fingerprint density at radius 2 is 1.47 bits per heavy atom. The quantitative estimate of drug-likeness (QED) is 0.269. The number of carbonyl (C=O) groups is 2. The molecule has 6 N–H and O–H groups in total. The number of hydrogen-bond donors (Lipinski definition) is 4. The minimum Gasteiger partial charge on any atom is -0.440 e. The average molecular weight is 604 g/mol. The van der Waals surface area contributed by atoms with Crippen LogP contribution in [-0.2, 0) is 9.84 Å². The molecule has 0 radical (unpaired) electrons. The number of carbonyl (C=O) groups excluding carboxylic acids is 2. The number of nitrogens with zero attached hydrogens (tertiary/aromatic N) is 1. The molecule has 2 amide bonds. The molecule has 0 saturated heterocycles. The van der Waals surface area contributed by atoms with Crippen molar-refractivity contribution in [1.29, 1.82) is 0 Å². The van der Waals surface area contributed by atoms with Gasteiger partial charge >= 0.3 is 0 Å². The van der Waals surface area contributed by atoms with Gasteiger partial charge in [0.1, 0.15) is 5.69 Å². The molecule has 2 aromatic carbocycles. The Hall–Kier alpha value is -2.51. The highest BCUT2D eigenvalue weighted by atomic mass is 35.5. The number of halogens is 1. The van der Waals surface area contributed by atoms with E-state index in [1.54, 1.807) is 30.3 Å². The van der Waals surface area contributed by atoms with E-state index in [4.69, 9.17) is 30.6 Å². The van der Waals surface area contributed by atoms with E-state index in [1.165, 1.54) is 25.5 Å². The van der Waals surface area contributed by atoms with E-state index in [1.807, 2.05) is 18.2 Å². The van der Waals surface area contributed by atoms with E-state index in [2.05, 4.69) is 36.7 Å². The third kappa shape index (κ3) is 11.1. The van der Waals surface area contributed by atoms with Crippen molar-refractivity contribution in [3.63, 3.8) is 0 Å². The second kappa shape index (κ2) is 16.5. The van der Waals surface area contributed by atoms with Crippen LogP contribution in [0, 0.1) is 0 Å². The molecule has 1 aromatic heterocycles. The fourth-order valence-corrected chi connectivity index (χ4v) is 4.84. The first-order valence-corrected chi connectivity index (χ1v) is 14.1. The number of amides is 2. The highest BCUT2D eigenvalue weighted by Gasteiger charge is 2.27. The number of sulfone groups is 1. The van der Waals surface area contributed by atoms with Gasteiger partial charge in [-0.05, 0) is 37.1 Å². The van der Waals surface area contributed by atoms with Gasteiger partial charge in [-0.2, -0.15) is 0 Å². The van der Waals surface area contributed by atoms with Crippen molar-refractivity contribution in [2.75, 3.05) is 6.26 Å². The van der Waals surface area contributed by atoms with Crippen molar-refractivity contribution >= 4 is 57.2 Å².